The quantitative estimate of drug-likeness (QED) is 0.552. The summed E-state index contributed by atoms with van der Waals surface area (Å²) in [7, 11) is 0. The molecular weight excluding hydrogens is 224 g/mol. The first kappa shape index (κ1) is 12.1. The van der Waals surface area contributed by atoms with Crippen LogP contribution in [0.1, 0.15) is 18.9 Å². The highest BCUT2D eigenvalue weighted by molar-refractivity contribution is 5.97. The summed E-state index contributed by atoms with van der Waals surface area (Å²) in [4.78, 5) is 3.23. The summed E-state index contributed by atoms with van der Waals surface area (Å²) in [5.74, 6) is 0. The molecule has 0 saturated carbocycles. The highest BCUT2D eigenvalue weighted by atomic mass is 15.1. The number of hydrogen-bond acceptors (Lipinski definition) is 2. The van der Waals surface area contributed by atoms with Gasteiger partial charge in [-0.25, -0.2) is 0 Å². The van der Waals surface area contributed by atoms with Gasteiger partial charge < -0.3 is 5.53 Å². The van der Waals surface area contributed by atoms with Gasteiger partial charge in [0.15, 0.2) is 0 Å². The van der Waals surface area contributed by atoms with Crippen LogP contribution in [-0.2, 0) is 0 Å². The van der Waals surface area contributed by atoms with Crippen LogP contribution < -0.4 is 0 Å². The summed E-state index contributed by atoms with van der Waals surface area (Å²) in [6, 6.07) is 7.84. The lowest BCUT2D eigenvalue weighted by Crippen LogP contribution is -2.04. The van der Waals surface area contributed by atoms with Crippen LogP contribution in [0.15, 0.2) is 57.9 Å². The highest BCUT2D eigenvalue weighted by Gasteiger charge is 2.14. The number of azo groups is 1. The smallest absolute Gasteiger partial charge is 0.298 e. The van der Waals surface area contributed by atoms with Gasteiger partial charge in [-0.05, 0) is 37.6 Å². The van der Waals surface area contributed by atoms with Crippen molar-refractivity contribution in [2.75, 3.05) is 0 Å². The molecule has 0 bridgehead atoms. The topological polar surface area (TPSA) is 61.1 Å². The van der Waals surface area contributed by atoms with E-state index in [1.165, 1.54) is 0 Å². The molecular formula is C14H14N4. The van der Waals surface area contributed by atoms with E-state index in [1.807, 2.05) is 50.3 Å². The average molecular weight is 238 g/mol. The van der Waals surface area contributed by atoms with Crippen LogP contribution in [0, 0.1) is 6.92 Å². The van der Waals surface area contributed by atoms with Crippen LogP contribution >= 0.6 is 0 Å². The number of hydrogen-bond donors (Lipinski definition) is 0. The van der Waals surface area contributed by atoms with Crippen molar-refractivity contribution in [1.29, 1.82) is 0 Å². The van der Waals surface area contributed by atoms with E-state index in [1.54, 1.807) is 0 Å². The molecule has 0 amide bonds. The second-order valence-electron chi connectivity index (χ2n) is 4.19. The molecule has 0 aromatic heterocycles. The Morgan fingerprint density at radius 2 is 1.94 bits per heavy atom. The van der Waals surface area contributed by atoms with Crippen molar-refractivity contribution in [2.24, 2.45) is 10.2 Å². The van der Waals surface area contributed by atoms with Crippen molar-refractivity contribution in [1.82, 2.24) is 0 Å². The summed E-state index contributed by atoms with van der Waals surface area (Å²) in [6.45, 7) is 3.90. The number of rotatable bonds is 2. The molecule has 1 aliphatic rings. The Hall–Kier alpha value is -2.32. The van der Waals surface area contributed by atoms with Gasteiger partial charge in [0.1, 0.15) is 0 Å². The van der Waals surface area contributed by atoms with Gasteiger partial charge in [-0.2, -0.15) is 15.0 Å². The molecule has 0 aliphatic heterocycles. The van der Waals surface area contributed by atoms with E-state index >= 15 is 0 Å². The van der Waals surface area contributed by atoms with Gasteiger partial charge in [0.2, 0.25) is 0 Å². The van der Waals surface area contributed by atoms with Gasteiger partial charge in [0.05, 0.1) is 17.8 Å². The molecule has 1 aromatic carbocycles. The molecule has 0 spiro atoms. The lowest BCUT2D eigenvalue weighted by molar-refractivity contribution is -0.00647. The monoisotopic (exact) mass is 238 g/mol. The molecule has 1 aliphatic carbocycles. The summed E-state index contributed by atoms with van der Waals surface area (Å²) in [5.41, 5.74) is 13.1. The predicted molar refractivity (Wildman–Crippen MR) is 70.8 cm³/mol. The molecule has 0 atom stereocenters. The summed E-state index contributed by atoms with van der Waals surface area (Å²) in [6.07, 6.45) is 4.34. The highest BCUT2D eigenvalue weighted by Crippen LogP contribution is 2.21. The Morgan fingerprint density at radius 1 is 1.17 bits per heavy atom. The lowest BCUT2D eigenvalue weighted by Gasteiger charge is -2.02. The number of aryl methyl sites for hydroxylation is 1. The van der Waals surface area contributed by atoms with Crippen LogP contribution in [0.3, 0.4) is 0 Å². The van der Waals surface area contributed by atoms with Crippen LogP contribution in [0.5, 0.6) is 0 Å². The van der Waals surface area contributed by atoms with E-state index in [4.69, 9.17) is 5.53 Å². The van der Waals surface area contributed by atoms with E-state index in [0.717, 1.165) is 22.5 Å². The molecule has 0 heterocycles. The minimum Gasteiger partial charge on any atom is -0.361 e. The van der Waals surface area contributed by atoms with Crippen molar-refractivity contribution in [3.63, 3.8) is 0 Å². The summed E-state index contributed by atoms with van der Waals surface area (Å²) in [5, 5.41) is 8.43. The van der Waals surface area contributed by atoms with E-state index < -0.39 is 0 Å². The Balaban J connectivity index is 2.20. The molecule has 18 heavy (non-hydrogen) atoms. The molecule has 4 heteroatoms. The number of benzene rings is 1. The fourth-order valence-electron chi connectivity index (χ4n) is 1.70. The molecule has 0 radical (unpaired) electrons. The van der Waals surface area contributed by atoms with Gasteiger partial charge in [0, 0.05) is 5.57 Å². The average Bonchev–Trinajstić information content (AvgIpc) is 2.38. The van der Waals surface area contributed by atoms with E-state index in [0.29, 0.717) is 12.1 Å². The third-order valence-corrected chi connectivity index (χ3v) is 2.83. The molecule has 4 nitrogen and oxygen atoms in total. The third-order valence-electron chi connectivity index (χ3n) is 2.83. The van der Waals surface area contributed by atoms with Gasteiger partial charge >= 0.3 is 0 Å². The number of nitrogens with zero attached hydrogens (tertiary/aromatic N) is 4. The maximum atomic E-state index is 8.76. The molecule has 0 fully saturated rings. The zero-order chi connectivity index (χ0) is 13.0. The Kier molecular flexibility index (Phi) is 3.60. The van der Waals surface area contributed by atoms with Crippen molar-refractivity contribution in [3.05, 3.63) is 58.8 Å². The first-order valence-corrected chi connectivity index (χ1v) is 5.78. The van der Waals surface area contributed by atoms with E-state index in [2.05, 4.69) is 15.0 Å². The fraction of sp³-hybridized carbons (Fsp3) is 0.214. The third kappa shape index (κ3) is 2.67. The second kappa shape index (κ2) is 5.34. The number of allylic oxidation sites excluding steroid dienone is 3. The molecule has 0 saturated heterocycles. The van der Waals surface area contributed by atoms with Gasteiger partial charge in [0.25, 0.3) is 5.71 Å². The SMILES string of the molecule is CC1=CC(N=Nc2ccccc2C)=CCC1=[N+]=[N-]. The maximum Gasteiger partial charge on any atom is 0.298 e. The minimum atomic E-state index is 0.584. The van der Waals surface area contributed by atoms with E-state index in [-0.39, 0.29) is 0 Å². The van der Waals surface area contributed by atoms with Crippen LogP contribution in [0.25, 0.3) is 5.53 Å². The Labute approximate surface area is 106 Å². The Morgan fingerprint density at radius 3 is 2.61 bits per heavy atom. The maximum absolute atomic E-state index is 8.76. The molecule has 0 unspecified atom stereocenters. The first-order valence-electron chi connectivity index (χ1n) is 5.78. The second-order valence-corrected chi connectivity index (χ2v) is 4.19. The summed E-state index contributed by atoms with van der Waals surface area (Å²) >= 11 is 0. The normalized spacial score (nSPS) is 15.3. The lowest BCUT2D eigenvalue weighted by atomic mass is 10.0. The Bertz CT molecular complexity index is 602. The zero-order valence-electron chi connectivity index (χ0n) is 10.5. The molecule has 1 aromatic rings. The van der Waals surface area contributed by atoms with Gasteiger partial charge in [-0.3, -0.25) is 0 Å². The zero-order valence-corrected chi connectivity index (χ0v) is 10.5. The van der Waals surface area contributed by atoms with Crippen LogP contribution in [0.4, 0.5) is 5.69 Å². The minimum absolute atomic E-state index is 0.584. The summed E-state index contributed by atoms with van der Waals surface area (Å²) < 4.78 is 0. The molecule has 0 N–H and O–H groups in total. The standard InChI is InChI=1S/C14H14N4/c1-10-5-3-4-6-14(10)18-17-12-7-8-13(16-15)11(2)9-12/h3-7,9H,8H2,1-2H3. The van der Waals surface area contributed by atoms with E-state index in [9.17, 15) is 0 Å². The first-order chi connectivity index (χ1) is 8.70. The fourth-order valence-corrected chi connectivity index (χ4v) is 1.70. The largest absolute Gasteiger partial charge is 0.361 e. The van der Waals surface area contributed by atoms with Crippen molar-refractivity contribution >= 4 is 11.4 Å². The predicted octanol–water partition coefficient (Wildman–Crippen LogP) is 3.98. The molecule has 2 rings (SSSR count). The van der Waals surface area contributed by atoms with Crippen molar-refractivity contribution in [2.45, 2.75) is 20.3 Å². The van der Waals surface area contributed by atoms with Crippen LogP contribution in [-0.4, -0.2) is 10.5 Å². The van der Waals surface area contributed by atoms with Crippen molar-refractivity contribution in [3.8, 4) is 0 Å². The van der Waals surface area contributed by atoms with Crippen LogP contribution in [0.2, 0.25) is 0 Å². The molecule has 90 valence electrons. The van der Waals surface area contributed by atoms with Gasteiger partial charge in [-0.1, -0.05) is 18.2 Å². The van der Waals surface area contributed by atoms with Gasteiger partial charge in [-0.15, -0.1) is 0 Å². The van der Waals surface area contributed by atoms with Crippen molar-refractivity contribution < 1.29 is 4.79 Å².